The molecule has 0 spiro atoms. The molecular weight excluding hydrogens is 459 g/mol. The molecule has 1 atom stereocenters. The first-order valence-electron chi connectivity index (χ1n) is 11.6. The topological polar surface area (TPSA) is 58.6 Å². The number of carbonyl (C=O) groups is 2. The molecule has 7 heteroatoms. The molecule has 5 nitrogen and oxygen atoms in total. The lowest BCUT2D eigenvalue weighted by Crippen LogP contribution is -2.52. The van der Waals surface area contributed by atoms with Crippen LogP contribution in [0.25, 0.3) is 0 Å². The molecule has 0 aromatic heterocycles. The van der Waals surface area contributed by atoms with Crippen LogP contribution < -0.4 is 10.1 Å². The summed E-state index contributed by atoms with van der Waals surface area (Å²) in [4.78, 5) is 28.1. The Morgan fingerprint density at radius 2 is 1.85 bits per heavy atom. The number of aryl methyl sites for hydroxylation is 1. The summed E-state index contributed by atoms with van der Waals surface area (Å²) in [5.41, 5.74) is 1.85. The minimum absolute atomic E-state index is 0.117. The van der Waals surface area contributed by atoms with Gasteiger partial charge in [0.05, 0.1) is 10.0 Å². The van der Waals surface area contributed by atoms with E-state index in [1.807, 2.05) is 44.2 Å². The minimum Gasteiger partial charge on any atom is -0.484 e. The van der Waals surface area contributed by atoms with E-state index in [2.05, 4.69) is 5.32 Å². The lowest BCUT2D eigenvalue weighted by Gasteiger charge is -2.32. The standard InChI is InChI=1S/C26H32Cl2N2O3/c1-3-24(26(32)29-20-9-5-4-6-10-20)30(16-19-12-13-22(27)23(28)15-19)25(31)17-33-21-11-7-8-18(2)14-21/h7-8,11-15,20,24H,3-6,9-10,16-17H2,1-2H3,(H,29,32). The van der Waals surface area contributed by atoms with Gasteiger partial charge in [-0.05, 0) is 61.6 Å². The third-order valence-corrected chi connectivity index (χ3v) is 6.77. The number of hydrogen-bond acceptors (Lipinski definition) is 3. The molecule has 1 N–H and O–H groups in total. The summed E-state index contributed by atoms with van der Waals surface area (Å²) >= 11 is 12.3. The van der Waals surface area contributed by atoms with Crippen molar-refractivity contribution in [3.05, 3.63) is 63.6 Å². The Kier molecular flexibility index (Phi) is 9.45. The number of hydrogen-bond donors (Lipinski definition) is 1. The zero-order valence-electron chi connectivity index (χ0n) is 19.3. The number of nitrogens with one attached hydrogen (secondary N) is 1. The van der Waals surface area contributed by atoms with E-state index in [0.29, 0.717) is 22.2 Å². The van der Waals surface area contributed by atoms with E-state index in [-0.39, 0.29) is 31.0 Å². The second-order valence-corrected chi connectivity index (χ2v) is 9.46. The number of rotatable bonds is 9. The quantitative estimate of drug-likeness (QED) is 0.473. The molecule has 1 fully saturated rings. The van der Waals surface area contributed by atoms with Crippen LogP contribution in [0.1, 0.15) is 56.6 Å². The van der Waals surface area contributed by atoms with Crippen molar-refractivity contribution in [3.8, 4) is 5.75 Å². The molecule has 1 aliphatic rings. The van der Waals surface area contributed by atoms with Crippen LogP contribution in [0.4, 0.5) is 0 Å². The smallest absolute Gasteiger partial charge is 0.261 e. The summed E-state index contributed by atoms with van der Waals surface area (Å²) in [7, 11) is 0. The predicted molar refractivity (Wildman–Crippen MR) is 133 cm³/mol. The number of carbonyl (C=O) groups excluding carboxylic acids is 2. The fourth-order valence-corrected chi connectivity index (χ4v) is 4.55. The van der Waals surface area contributed by atoms with E-state index in [9.17, 15) is 9.59 Å². The summed E-state index contributed by atoms with van der Waals surface area (Å²) in [5.74, 6) is 0.249. The molecule has 0 bridgehead atoms. The summed E-state index contributed by atoms with van der Waals surface area (Å²) in [5, 5.41) is 4.03. The maximum Gasteiger partial charge on any atom is 0.261 e. The Morgan fingerprint density at radius 3 is 2.52 bits per heavy atom. The summed E-state index contributed by atoms with van der Waals surface area (Å²) in [6, 6.07) is 12.4. The van der Waals surface area contributed by atoms with Gasteiger partial charge in [0.15, 0.2) is 6.61 Å². The van der Waals surface area contributed by atoms with Crippen molar-refractivity contribution in [2.24, 2.45) is 0 Å². The number of amides is 2. The monoisotopic (exact) mass is 490 g/mol. The van der Waals surface area contributed by atoms with Gasteiger partial charge in [0.1, 0.15) is 11.8 Å². The van der Waals surface area contributed by atoms with Gasteiger partial charge in [-0.25, -0.2) is 0 Å². The van der Waals surface area contributed by atoms with E-state index in [0.717, 1.165) is 36.8 Å². The second kappa shape index (κ2) is 12.3. The molecule has 1 saturated carbocycles. The van der Waals surface area contributed by atoms with E-state index >= 15 is 0 Å². The van der Waals surface area contributed by atoms with Gasteiger partial charge in [-0.2, -0.15) is 0 Å². The van der Waals surface area contributed by atoms with Crippen molar-refractivity contribution >= 4 is 35.0 Å². The SMILES string of the molecule is CCC(C(=O)NC1CCCCC1)N(Cc1ccc(Cl)c(Cl)c1)C(=O)COc1cccc(C)c1. The molecule has 33 heavy (non-hydrogen) atoms. The Labute approximate surface area is 206 Å². The largest absolute Gasteiger partial charge is 0.484 e. The van der Waals surface area contributed by atoms with Crippen LogP contribution in [0.15, 0.2) is 42.5 Å². The van der Waals surface area contributed by atoms with Crippen molar-refractivity contribution < 1.29 is 14.3 Å². The average Bonchev–Trinajstić information content (AvgIpc) is 2.80. The Morgan fingerprint density at radius 1 is 1.09 bits per heavy atom. The van der Waals surface area contributed by atoms with Gasteiger partial charge in [-0.15, -0.1) is 0 Å². The Hall–Kier alpha value is -2.24. The van der Waals surface area contributed by atoms with Gasteiger partial charge >= 0.3 is 0 Å². The lowest BCUT2D eigenvalue weighted by atomic mass is 9.95. The number of halogens is 2. The Balaban J connectivity index is 1.77. The van der Waals surface area contributed by atoms with Crippen molar-refractivity contribution in [1.82, 2.24) is 10.2 Å². The number of ether oxygens (including phenoxy) is 1. The molecule has 178 valence electrons. The first-order chi connectivity index (χ1) is 15.9. The fraction of sp³-hybridized carbons (Fsp3) is 0.462. The average molecular weight is 491 g/mol. The molecule has 1 unspecified atom stereocenters. The highest BCUT2D eigenvalue weighted by Crippen LogP contribution is 2.25. The highest BCUT2D eigenvalue weighted by Gasteiger charge is 2.30. The van der Waals surface area contributed by atoms with E-state index in [1.54, 1.807) is 17.0 Å². The van der Waals surface area contributed by atoms with Gasteiger partial charge in [-0.1, -0.05) is 67.6 Å². The molecule has 2 aromatic carbocycles. The zero-order chi connectivity index (χ0) is 23.8. The molecule has 3 rings (SSSR count). The fourth-order valence-electron chi connectivity index (χ4n) is 4.23. The molecule has 2 aromatic rings. The van der Waals surface area contributed by atoms with Crippen molar-refractivity contribution in [3.63, 3.8) is 0 Å². The zero-order valence-corrected chi connectivity index (χ0v) is 20.8. The molecule has 1 aliphatic carbocycles. The van der Waals surface area contributed by atoms with Gasteiger partial charge < -0.3 is 15.0 Å². The predicted octanol–water partition coefficient (Wildman–Crippen LogP) is 5.94. The number of benzene rings is 2. The highest BCUT2D eigenvalue weighted by molar-refractivity contribution is 6.42. The van der Waals surface area contributed by atoms with Crippen LogP contribution in [-0.2, 0) is 16.1 Å². The van der Waals surface area contributed by atoms with Crippen molar-refractivity contribution in [1.29, 1.82) is 0 Å². The minimum atomic E-state index is -0.602. The van der Waals surface area contributed by atoms with Gasteiger partial charge in [0, 0.05) is 12.6 Å². The van der Waals surface area contributed by atoms with Gasteiger partial charge in [0.25, 0.3) is 5.91 Å². The van der Waals surface area contributed by atoms with Gasteiger partial charge in [-0.3, -0.25) is 9.59 Å². The summed E-state index contributed by atoms with van der Waals surface area (Å²) < 4.78 is 5.76. The summed E-state index contributed by atoms with van der Waals surface area (Å²) in [6.45, 7) is 3.97. The lowest BCUT2D eigenvalue weighted by molar-refractivity contribution is -0.143. The van der Waals surface area contributed by atoms with E-state index < -0.39 is 6.04 Å². The van der Waals surface area contributed by atoms with Crippen LogP contribution in [0, 0.1) is 6.92 Å². The maximum absolute atomic E-state index is 13.3. The van der Waals surface area contributed by atoms with Crippen molar-refractivity contribution in [2.45, 2.75) is 71.0 Å². The van der Waals surface area contributed by atoms with E-state index in [1.165, 1.54) is 6.42 Å². The second-order valence-electron chi connectivity index (χ2n) is 8.64. The molecule has 2 amide bonds. The molecule has 0 aliphatic heterocycles. The van der Waals surface area contributed by atoms with Crippen LogP contribution >= 0.6 is 23.2 Å². The number of nitrogens with zero attached hydrogens (tertiary/aromatic N) is 1. The molecule has 0 radical (unpaired) electrons. The maximum atomic E-state index is 13.3. The van der Waals surface area contributed by atoms with Crippen LogP contribution in [0.3, 0.4) is 0 Å². The molecular formula is C26H32Cl2N2O3. The van der Waals surface area contributed by atoms with Crippen LogP contribution in [0.5, 0.6) is 5.75 Å². The highest BCUT2D eigenvalue weighted by atomic mass is 35.5. The first-order valence-corrected chi connectivity index (χ1v) is 12.4. The van der Waals surface area contributed by atoms with Crippen molar-refractivity contribution in [2.75, 3.05) is 6.61 Å². The normalized spacial score (nSPS) is 15.0. The summed E-state index contributed by atoms with van der Waals surface area (Å²) in [6.07, 6.45) is 5.92. The van der Waals surface area contributed by atoms with Crippen LogP contribution in [0.2, 0.25) is 10.0 Å². The molecule has 0 saturated heterocycles. The third kappa shape index (κ3) is 7.38. The van der Waals surface area contributed by atoms with Crippen LogP contribution in [-0.4, -0.2) is 35.4 Å². The van der Waals surface area contributed by atoms with E-state index in [4.69, 9.17) is 27.9 Å². The van der Waals surface area contributed by atoms with Gasteiger partial charge in [0.2, 0.25) is 5.91 Å². The Bertz CT molecular complexity index is 960. The third-order valence-electron chi connectivity index (χ3n) is 6.03. The molecule has 0 heterocycles. The first kappa shape index (κ1) is 25.4.